The van der Waals surface area contributed by atoms with Crippen molar-refractivity contribution in [2.75, 3.05) is 18.5 Å². The number of ether oxygens (including phenoxy) is 1. The molecule has 0 aliphatic carbocycles. The number of carbonyl (C=O) groups is 2. The van der Waals surface area contributed by atoms with Gasteiger partial charge in [-0.25, -0.2) is 19.3 Å². The van der Waals surface area contributed by atoms with Crippen LogP contribution in [0.2, 0.25) is 0 Å². The monoisotopic (exact) mass is 536 g/mol. The first-order valence-corrected chi connectivity index (χ1v) is 10.2. The van der Waals surface area contributed by atoms with Crippen LogP contribution in [0.4, 0.5) is 10.1 Å². The van der Waals surface area contributed by atoms with Gasteiger partial charge in [-0.1, -0.05) is 69.6 Å². The third-order valence-electron chi connectivity index (χ3n) is 3.29. The second-order valence-electron chi connectivity index (χ2n) is 5.53. The van der Waals surface area contributed by atoms with Gasteiger partial charge in [0.25, 0.3) is 0 Å². The van der Waals surface area contributed by atoms with Crippen molar-refractivity contribution in [1.29, 1.82) is 0 Å². The maximum absolute atomic E-state index is 14.7. The number of anilines is 1. The minimum Gasteiger partial charge on any atom is -0.464 e. The van der Waals surface area contributed by atoms with E-state index in [9.17, 15) is 14.0 Å². The molecule has 162 valence electrons. The average Bonchev–Trinajstić information content (AvgIpc) is 2.65. The van der Waals surface area contributed by atoms with Crippen LogP contribution in [-0.2, 0) is 21.9 Å². The normalized spacial score (nSPS) is 11.8. The SMILES string of the molecule is O=CCCOC(=O)CNc1ccc(-c2nc(C(Cl)(Cl)Cl)nc(C(Cl)(Cl)Cl)n2)c(F)c1. The standard InChI is InChI=1S/C16H11Cl6FN4O3/c17-15(18,19)13-25-12(26-14(27-13)16(20,21)22)9-3-2-8(6-10(9)23)24-7-11(29)30-5-1-4-28/h2-4,6,24H,1,5,7H2. The van der Waals surface area contributed by atoms with Gasteiger partial charge in [0, 0.05) is 12.1 Å². The van der Waals surface area contributed by atoms with E-state index >= 15 is 0 Å². The second-order valence-corrected chi connectivity index (χ2v) is 10.1. The molecule has 7 nitrogen and oxygen atoms in total. The van der Waals surface area contributed by atoms with Crippen LogP contribution in [0.15, 0.2) is 18.2 Å². The highest BCUT2D eigenvalue weighted by atomic mass is 35.6. The van der Waals surface area contributed by atoms with Gasteiger partial charge in [0.15, 0.2) is 17.5 Å². The van der Waals surface area contributed by atoms with Gasteiger partial charge in [0.2, 0.25) is 7.59 Å². The Morgan fingerprint density at radius 2 is 1.67 bits per heavy atom. The Bertz CT molecular complexity index is 904. The van der Waals surface area contributed by atoms with Crippen molar-refractivity contribution in [3.05, 3.63) is 35.7 Å². The second kappa shape index (κ2) is 10.4. The predicted octanol–water partition coefficient (Wildman–Crippen LogP) is 4.88. The number of rotatable bonds is 7. The molecule has 0 saturated carbocycles. The molecule has 0 atom stereocenters. The molecule has 0 bridgehead atoms. The van der Waals surface area contributed by atoms with Crippen LogP contribution in [0.3, 0.4) is 0 Å². The zero-order valence-electron chi connectivity index (χ0n) is 14.6. The molecule has 0 unspecified atom stereocenters. The summed E-state index contributed by atoms with van der Waals surface area (Å²) >= 11 is 34.8. The number of nitrogens with zero attached hydrogens (tertiary/aromatic N) is 3. The summed E-state index contributed by atoms with van der Waals surface area (Å²) in [6, 6.07) is 3.85. The van der Waals surface area contributed by atoms with E-state index in [1.165, 1.54) is 12.1 Å². The molecule has 2 aromatic rings. The highest BCUT2D eigenvalue weighted by Crippen LogP contribution is 2.41. The molecule has 30 heavy (non-hydrogen) atoms. The first-order chi connectivity index (χ1) is 13.9. The Hall–Kier alpha value is -1.16. The van der Waals surface area contributed by atoms with Crippen molar-refractivity contribution in [3.63, 3.8) is 0 Å². The summed E-state index contributed by atoms with van der Waals surface area (Å²) < 4.78 is 15.3. The zero-order chi connectivity index (χ0) is 22.5. The van der Waals surface area contributed by atoms with Crippen LogP contribution in [0.25, 0.3) is 11.4 Å². The Balaban J connectivity index is 2.28. The maximum atomic E-state index is 14.7. The van der Waals surface area contributed by atoms with Gasteiger partial charge >= 0.3 is 5.97 Å². The average molecular weight is 539 g/mol. The van der Waals surface area contributed by atoms with Gasteiger partial charge < -0.3 is 14.8 Å². The molecule has 2 rings (SSSR count). The van der Waals surface area contributed by atoms with Crippen LogP contribution in [-0.4, -0.2) is 40.4 Å². The number of benzene rings is 1. The lowest BCUT2D eigenvalue weighted by Gasteiger charge is -2.16. The lowest BCUT2D eigenvalue weighted by Crippen LogP contribution is -2.18. The Morgan fingerprint density at radius 3 is 2.17 bits per heavy atom. The lowest BCUT2D eigenvalue weighted by molar-refractivity contribution is -0.141. The third kappa shape index (κ3) is 7.21. The number of carbonyl (C=O) groups excluding carboxylic acids is 2. The van der Waals surface area contributed by atoms with Crippen LogP contribution >= 0.6 is 69.6 Å². The van der Waals surface area contributed by atoms with E-state index in [-0.39, 0.29) is 48.3 Å². The van der Waals surface area contributed by atoms with Gasteiger partial charge in [-0.05, 0) is 18.2 Å². The fraction of sp³-hybridized carbons (Fsp3) is 0.312. The van der Waals surface area contributed by atoms with E-state index in [0.717, 1.165) is 6.07 Å². The van der Waals surface area contributed by atoms with E-state index in [1.54, 1.807) is 0 Å². The molecule has 1 N–H and O–H groups in total. The van der Waals surface area contributed by atoms with Crippen molar-refractivity contribution < 1.29 is 18.7 Å². The predicted molar refractivity (Wildman–Crippen MR) is 114 cm³/mol. The molecule has 14 heteroatoms. The van der Waals surface area contributed by atoms with E-state index in [2.05, 4.69) is 20.3 Å². The summed E-state index contributed by atoms with van der Waals surface area (Å²) in [7, 11) is 0. The molecule has 0 amide bonds. The Morgan fingerprint density at radius 1 is 1.07 bits per heavy atom. The first-order valence-electron chi connectivity index (χ1n) is 7.95. The number of halogens is 7. The summed E-state index contributed by atoms with van der Waals surface area (Å²) in [4.78, 5) is 33.4. The fourth-order valence-electron chi connectivity index (χ4n) is 2.00. The Labute approximate surface area is 200 Å². The quantitative estimate of drug-likeness (QED) is 0.232. The number of nitrogens with one attached hydrogen (secondary N) is 1. The topological polar surface area (TPSA) is 94.1 Å². The smallest absolute Gasteiger partial charge is 0.325 e. The molecule has 1 heterocycles. The van der Waals surface area contributed by atoms with Crippen molar-refractivity contribution in [3.8, 4) is 11.4 Å². The summed E-state index contributed by atoms with van der Waals surface area (Å²) in [5, 5.41) is 2.68. The highest BCUT2D eigenvalue weighted by molar-refractivity contribution is 6.67. The number of alkyl halides is 6. The number of esters is 1. The molecule has 1 aromatic heterocycles. The minimum atomic E-state index is -2.08. The van der Waals surface area contributed by atoms with Gasteiger partial charge in [-0.3, -0.25) is 4.79 Å². The molecular formula is C16H11Cl6FN4O3. The van der Waals surface area contributed by atoms with Crippen molar-refractivity contribution in [2.45, 2.75) is 14.0 Å². The molecule has 0 aliphatic rings. The molecule has 0 radical (unpaired) electrons. The fourth-order valence-corrected chi connectivity index (χ4v) is 2.51. The number of aromatic nitrogens is 3. The molecule has 0 fully saturated rings. The number of aldehydes is 1. The van der Waals surface area contributed by atoms with Crippen molar-refractivity contribution >= 4 is 87.5 Å². The maximum Gasteiger partial charge on any atom is 0.325 e. The number of hydrogen-bond donors (Lipinski definition) is 1. The van der Waals surface area contributed by atoms with Gasteiger partial charge in [0.05, 0.1) is 12.2 Å². The molecular weight excluding hydrogens is 528 g/mol. The van der Waals surface area contributed by atoms with Crippen molar-refractivity contribution in [1.82, 2.24) is 15.0 Å². The van der Waals surface area contributed by atoms with Crippen LogP contribution in [0, 0.1) is 5.82 Å². The molecule has 1 aromatic carbocycles. The van der Waals surface area contributed by atoms with Crippen molar-refractivity contribution in [2.24, 2.45) is 0 Å². The summed E-state index contributed by atoms with van der Waals surface area (Å²) in [5.41, 5.74) is 0.170. The van der Waals surface area contributed by atoms with Crippen LogP contribution < -0.4 is 5.32 Å². The number of hydrogen-bond acceptors (Lipinski definition) is 7. The van der Waals surface area contributed by atoms with Gasteiger partial charge in [-0.15, -0.1) is 0 Å². The molecule has 0 aliphatic heterocycles. The van der Waals surface area contributed by atoms with Gasteiger partial charge in [0.1, 0.15) is 18.6 Å². The third-order valence-corrected chi connectivity index (χ3v) is 4.30. The summed E-state index contributed by atoms with van der Waals surface area (Å²) in [6.07, 6.45) is 0.714. The lowest BCUT2D eigenvalue weighted by atomic mass is 10.1. The van der Waals surface area contributed by atoms with Gasteiger partial charge in [-0.2, -0.15) is 0 Å². The molecule has 0 saturated heterocycles. The largest absolute Gasteiger partial charge is 0.464 e. The van der Waals surface area contributed by atoms with Crippen LogP contribution in [0.1, 0.15) is 18.1 Å². The minimum absolute atomic E-state index is 0.0340. The summed E-state index contributed by atoms with van der Waals surface area (Å²) in [6.45, 7) is -0.272. The van der Waals surface area contributed by atoms with E-state index < -0.39 is 19.4 Å². The van der Waals surface area contributed by atoms with E-state index in [4.69, 9.17) is 74.3 Å². The van der Waals surface area contributed by atoms with E-state index in [0.29, 0.717) is 6.29 Å². The zero-order valence-corrected chi connectivity index (χ0v) is 19.2. The van der Waals surface area contributed by atoms with Crippen LogP contribution in [0.5, 0.6) is 0 Å². The highest BCUT2D eigenvalue weighted by Gasteiger charge is 2.34. The first kappa shape index (κ1) is 25.1. The Kier molecular flexibility index (Phi) is 8.73. The van der Waals surface area contributed by atoms with E-state index in [1.807, 2.05) is 0 Å². The molecule has 0 spiro atoms. The summed E-state index contributed by atoms with van der Waals surface area (Å²) in [5.74, 6) is -2.34.